The van der Waals surface area contributed by atoms with Crippen LogP contribution in [0.4, 0.5) is 11.6 Å². The van der Waals surface area contributed by atoms with Gasteiger partial charge in [0.2, 0.25) is 11.9 Å². The highest BCUT2D eigenvalue weighted by molar-refractivity contribution is 7.98. The van der Waals surface area contributed by atoms with Gasteiger partial charge in [-0.05, 0) is 86.0 Å². The molecule has 2 aromatic carbocycles. The molecule has 3 heterocycles. The summed E-state index contributed by atoms with van der Waals surface area (Å²) in [5.41, 5.74) is 10.0. The van der Waals surface area contributed by atoms with Crippen LogP contribution >= 0.6 is 23.4 Å². The molecule has 0 unspecified atom stereocenters. The number of nitrogens with two attached hydrogens (primary N) is 1. The molecule has 0 aliphatic carbocycles. The van der Waals surface area contributed by atoms with Crippen LogP contribution in [-0.2, 0) is 17.8 Å². The molecule has 5 rings (SSSR count). The number of piperidine rings is 1. The van der Waals surface area contributed by atoms with Gasteiger partial charge < -0.3 is 20.9 Å². The minimum Gasteiger partial charge on any atom is -0.339 e. The Morgan fingerprint density at radius 3 is 2.46 bits per heavy atom. The number of benzene rings is 2. The summed E-state index contributed by atoms with van der Waals surface area (Å²) in [5.74, 6) is 0.909. The molecule has 1 atom stereocenters. The van der Waals surface area contributed by atoms with Crippen molar-refractivity contribution in [2.24, 2.45) is 11.7 Å². The summed E-state index contributed by atoms with van der Waals surface area (Å²) in [5, 5.41) is 4.03. The summed E-state index contributed by atoms with van der Waals surface area (Å²) in [7, 11) is 0. The Kier molecular flexibility index (Phi) is 10.5. The largest absolute Gasteiger partial charge is 0.339 e. The van der Waals surface area contributed by atoms with E-state index in [-0.39, 0.29) is 11.8 Å². The third kappa shape index (κ3) is 7.99. The molecule has 3 N–H and O–H groups in total. The molecule has 0 spiro atoms. The Balaban J connectivity index is 1.07. The van der Waals surface area contributed by atoms with Gasteiger partial charge in [-0.3, -0.25) is 9.69 Å². The van der Waals surface area contributed by atoms with Gasteiger partial charge in [0, 0.05) is 67.3 Å². The van der Waals surface area contributed by atoms with Gasteiger partial charge in [-0.2, -0.15) is 0 Å². The molecule has 3 aromatic rings. The SMILES string of the molecule is CSc1ccccc1CN1CCN(C(=O)[C@H](N)C2CCN(CCc3cc(Cl)ccc3Nc3ncccn3)CC2)CC1. The number of hydrogen-bond donors (Lipinski definition) is 2. The van der Waals surface area contributed by atoms with E-state index in [1.165, 1.54) is 10.5 Å². The van der Waals surface area contributed by atoms with E-state index in [2.05, 4.69) is 55.6 Å². The number of rotatable bonds is 10. The van der Waals surface area contributed by atoms with E-state index in [1.54, 1.807) is 30.2 Å². The molecule has 2 fully saturated rings. The van der Waals surface area contributed by atoms with E-state index in [0.717, 1.165) is 82.9 Å². The average molecular weight is 594 g/mol. The first-order valence-corrected chi connectivity index (χ1v) is 16.0. The van der Waals surface area contributed by atoms with Crippen LogP contribution in [-0.4, -0.2) is 88.7 Å². The van der Waals surface area contributed by atoms with E-state index in [4.69, 9.17) is 17.3 Å². The van der Waals surface area contributed by atoms with E-state index in [0.29, 0.717) is 11.0 Å². The Labute approximate surface area is 252 Å². The zero-order valence-corrected chi connectivity index (χ0v) is 25.3. The van der Waals surface area contributed by atoms with Crippen molar-refractivity contribution in [3.8, 4) is 0 Å². The van der Waals surface area contributed by atoms with Gasteiger partial charge in [-0.1, -0.05) is 29.8 Å². The first-order valence-electron chi connectivity index (χ1n) is 14.4. The molecule has 0 bridgehead atoms. The smallest absolute Gasteiger partial charge is 0.239 e. The summed E-state index contributed by atoms with van der Waals surface area (Å²) >= 11 is 8.11. The lowest BCUT2D eigenvalue weighted by Crippen LogP contribution is -2.55. The molecule has 8 nitrogen and oxygen atoms in total. The van der Waals surface area contributed by atoms with Crippen molar-refractivity contribution in [2.45, 2.75) is 36.7 Å². The molecule has 0 saturated carbocycles. The highest BCUT2D eigenvalue weighted by atomic mass is 35.5. The zero-order valence-electron chi connectivity index (χ0n) is 23.7. The number of hydrogen-bond acceptors (Lipinski definition) is 8. The van der Waals surface area contributed by atoms with Crippen LogP contribution in [0.3, 0.4) is 0 Å². The molecular formula is C31H40ClN7OS. The van der Waals surface area contributed by atoms with E-state index >= 15 is 0 Å². The van der Waals surface area contributed by atoms with E-state index in [1.807, 2.05) is 23.1 Å². The summed E-state index contributed by atoms with van der Waals surface area (Å²) in [6.07, 6.45) is 8.30. The van der Waals surface area contributed by atoms with Crippen LogP contribution in [0.1, 0.15) is 24.0 Å². The number of carbonyl (C=O) groups excluding carboxylic acids is 1. The second-order valence-corrected chi connectivity index (χ2v) is 12.2. The predicted molar refractivity (Wildman–Crippen MR) is 168 cm³/mol. The fraction of sp³-hybridized carbons (Fsp3) is 0.452. The van der Waals surface area contributed by atoms with Gasteiger partial charge >= 0.3 is 0 Å². The fourth-order valence-corrected chi connectivity index (χ4v) is 6.61. The van der Waals surface area contributed by atoms with Gasteiger partial charge in [0.25, 0.3) is 0 Å². The van der Waals surface area contributed by atoms with Crippen molar-refractivity contribution >= 4 is 40.9 Å². The topological polar surface area (TPSA) is 90.6 Å². The number of thioether (sulfide) groups is 1. The third-order valence-corrected chi connectivity index (χ3v) is 9.35. The zero-order chi connectivity index (χ0) is 28.6. The van der Waals surface area contributed by atoms with Gasteiger partial charge in [0.15, 0.2) is 0 Å². The predicted octanol–water partition coefficient (Wildman–Crippen LogP) is 4.52. The molecule has 2 aliphatic rings. The number of likely N-dealkylation sites (tertiary alicyclic amines) is 1. The van der Waals surface area contributed by atoms with Crippen molar-refractivity contribution in [2.75, 3.05) is 57.4 Å². The first-order chi connectivity index (χ1) is 20.0. The number of carbonyl (C=O) groups is 1. The summed E-state index contributed by atoms with van der Waals surface area (Å²) in [4.78, 5) is 30.1. The van der Waals surface area contributed by atoms with Crippen molar-refractivity contribution < 1.29 is 4.79 Å². The summed E-state index contributed by atoms with van der Waals surface area (Å²) < 4.78 is 0. The highest BCUT2D eigenvalue weighted by Crippen LogP contribution is 2.26. The molecule has 2 saturated heterocycles. The van der Waals surface area contributed by atoms with Gasteiger partial charge in [-0.25, -0.2) is 9.97 Å². The molecular weight excluding hydrogens is 554 g/mol. The third-order valence-electron chi connectivity index (χ3n) is 8.27. The van der Waals surface area contributed by atoms with Crippen LogP contribution < -0.4 is 11.1 Å². The standard InChI is InChI=1S/C31H40ClN7OS/c1-41-28-6-3-2-5-25(28)22-38-17-19-39(20-18-38)30(40)29(33)23-9-14-37(15-10-23)16-11-24-21-26(32)7-8-27(24)36-31-34-12-4-13-35-31/h2-8,12-13,21,23,29H,9-11,14-20,22,33H2,1H3,(H,34,35,36)/t29-/m1/s1. The van der Waals surface area contributed by atoms with Crippen LogP contribution in [0.2, 0.25) is 5.02 Å². The monoisotopic (exact) mass is 593 g/mol. The molecule has 0 radical (unpaired) electrons. The fourth-order valence-electron chi connectivity index (χ4n) is 5.80. The maximum atomic E-state index is 13.3. The number of piperazine rings is 1. The van der Waals surface area contributed by atoms with E-state index < -0.39 is 6.04 Å². The van der Waals surface area contributed by atoms with Crippen LogP contribution in [0.15, 0.2) is 65.8 Å². The Hall–Kier alpha value is -2.69. The van der Waals surface area contributed by atoms with Gasteiger partial charge in [-0.15, -0.1) is 11.8 Å². The van der Waals surface area contributed by atoms with Crippen LogP contribution in [0.5, 0.6) is 0 Å². The second kappa shape index (κ2) is 14.5. The minimum atomic E-state index is -0.421. The van der Waals surface area contributed by atoms with Gasteiger partial charge in [0.1, 0.15) is 0 Å². The van der Waals surface area contributed by atoms with Crippen molar-refractivity contribution in [3.63, 3.8) is 0 Å². The number of anilines is 2. The first kappa shape index (κ1) is 29.8. The van der Waals surface area contributed by atoms with Crippen molar-refractivity contribution in [1.82, 2.24) is 24.7 Å². The quantitative estimate of drug-likeness (QED) is 0.332. The lowest BCUT2D eigenvalue weighted by atomic mass is 9.88. The molecule has 1 aromatic heterocycles. The number of halogens is 1. The minimum absolute atomic E-state index is 0.116. The lowest BCUT2D eigenvalue weighted by Gasteiger charge is -2.39. The summed E-state index contributed by atoms with van der Waals surface area (Å²) in [6, 6.07) is 15.8. The summed E-state index contributed by atoms with van der Waals surface area (Å²) in [6.45, 7) is 7.00. The number of nitrogens with one attached hydrogen (secondary N) is 1. The number of nitrogens with zero attached hydrogens (tertiary/aromatic N) is 5. The molecule has 41 heavy (non-hydrogen) atoms. The molecule has 10 heteroatoms. The molecule has 2 aliphatic heterocycles. The average Bonchev–Trinajstić information content (AvgIpc) is 3.02. The molecule has 1 amide bonds. The van der Waals surface area contributed by atoms with Crippen molar-refractivity contribution in [1.29, 1.82) is 0 Å². The Morgan fingerprint density at radius 1 is 1.00 bits per heavy atom. The second-order valence-electron chi connectivity index (χ2n) is 10.9. The van der Waals surface area contributed by atoms with E-state index in [9.17, 15) is 4.79 Å². The lowest BCUT2D eigenvalue weighted by molar-refractivity contribution is -0.136. The number of amides is 1. The number of aromatic nitrogens is 2. The maximum absolute atomic E-state index is 13.3. The Bertz CT molecular complexity index is 1280. The van der Waals surface area contributed by atoms with Gasteiger partial charge in [0.05, 0.1) is 6.04 Å². The van der Waals surface area contributed by atoms with Crippen molar-refractivity contribution in [3.05, 3.63) is 77.1 Å². The molecule has 218 valence electrons. The normalized spacial score (nSPS) is 17.9. The van der Waals surface area contributed by atoms with Crippen LogP contribution in [0, 0.1) is 5.92 Å². The highest BCUT2D eigenvalue weighted by Gasteiger charge is 2.32. The Morgan fingerprint density at radius 2 is 1.73 bits per heavy atom. The van der Waals surface area contributed by atoms with Crippen LogP contribution in [0.25, 0.3) is 0 Å². The maximum Gasteiger partial charge on any atom is 0.239 e.